The van der Waals surface area contributed by atoms with Crippen molar-refractivity contribution in [1.29, 1.82) is 0 Å². The van der Waals surface area contributed by atoms with E-state index in [1.54, 1.807) is 6.33 Å². The van der Waals surface area contributed by atoms with Gasteiger partial charge in [0.1, 0.15) is 12.2 Å². The van der Waals surface area contributed by atoms with Gasteiger partial charge in [-0.3, -0.25) is 0 Å². The van der Waals surface area contributed by atoms with Crippen LogP contribution in [-0.2, 0) is 6.42 Å². The zero-order chi connectivity index (χ0) is 10.8. The Morgan fingerprint density at radius 3 is 2.93 bits per heavy atom. The van der Waals surface area contributed by atoms with E-state index in [1.807, 2.05) is 4.68 Å². The van der Waals surface area contributed by atoms with Crippen molar-refractivity contribution in [2.75, 3.05) is 0 Å². The molecule has 1 aliphatic rings. The molecule has 1 aliphatic carbocycles. The molecule has 0 radical (unpaired) electrons. The molecule has 0 N–H and O–H groups in total. The maximum atomic E-state index is 4.36. The molecule has 1 saturated carbocycles. The standard InChI is InChI=1S/C11H18BrN3/c1-8(2)15-11(13-7-14-15)6-9-3-4-10(12)5-9/h7-10H,3-6H2,1-2H3. The van der Waals surface area contributed by atoms with Crippen LogP contribution in [0.4, 0.5) is 0 Å². The van der Waals surface area contributed by atoms with Gasteiger partial charge in [-0.1, -0.05) is 15.9 Å². The van der Waals surface area contributed by atoms with Gasteiger partial charge in [0.05, 0.1) is 0 Å². The molecule has 15 heavy (non-hydrogen) atoms. The molecule has 2 atom stereocenters. The number of rotatable bonds is 3. The maximum absolute atomic E-state index is 4.36. The Morgan fingerprint density at radius 2 is 2.33 bits per heavy atom. The molecule has 0 aromatic carbocycles. The van der Waals surface area contributed by atoms with E-state index in [-0.39, 0.29) is 0 Å². The first-order chi connectivity index (χ1) is 7.16. The van der Waals surface area contributed by atoms with Crippen LogP contribution < -0.4 is 0 Å². The van der Waals surface area contributed by atoms with Crippen LogP contribution in [0.3, 0.4) is 0 Å². The number of nitrogens with zero attached hydrogens (tertiary/aromatic N) is 3. The lowest BCUT2D eigenvalue weighted by atomic mass is 10.0. The van der Waals surface area contributed by atoms with Crippen molar-refractivity contribution in [2.45, 2.75) is 50.4 Å². The zero-order valence-corrected chi connectivity index (χ0v) is 10.9. The van der Waals surface area contributed by atoms with Crippen molar-refractivity contribution in [3.63, 3.8) is 0 Å². The van der Waals surface area contributed by atoms with Crippen LogP contribution in [-0.4, -0.2) is 19.6 Å². The smallest absolute Gasteiger partial charge is 0.138 e. The van der Waals surface area contributed by atoms with Crippen molar-refractivity contribution in [3.8, 4) is 0 Å². The Balaban J connectivity index is 2.01. The summed E-state index contributed by atoms with van der Waals surface area (Å²) in [5.74, 6) is 1.94. The summed E-state index contributed by atoms with van der Waals surface area (Å²) in [5, 5.41) is 4.27. The summed E-state index contributed by atoms with van der Waals surface area (Å²) in [5.41, 5.74) is 0. The van der Waals surface area contributed by atoms with Crippen molar-refractivity contribution in [1.82, 2.24) is 14.8 Å². The minimum atomic E-state index is 0.420. The molecule has 1 aromatic rings. The second-order valence-electron chi connectivity index (χ2n) is 4.70. The molecule has 84 valence electrons. The Hall–Kier alpha value is -0.380. The van der Waals surface area contributed by atoms with Gasteiger partial charge in [0, 0.05) is 17.3 Å². The van der Waals surface area contributed by atoms with Gasteiger partial charge in [0.15, 0.2) is 0 Å². The van der Waals surface area contributed by atoms with Gasteiger partial charge in [0.25, 0.3) is 0 Å². The van der Waals surface area contributed by atoms with Gasteiger partial charge in [0.2, 0.25) is 0 Å². The van der Waals surface area contributed by atoms with Crippen molar-refractivity contribution in [2.24, 2.45) is 5.92 Å². The SMILES string of the molecule is CC(C)n1ncnc1CC1CCC(Br)C1. The van der Waals surface area contributed by atoms with Crippen LogP contribution in [0, 0.1) is 5.92 Å². The van der Waals surface area contributed by atoms with Gasteiger partial charge in [-0.25, -0.2) is 9.67 Å². The predicted octanol–water partition coefficient (Wildman–Crippen LogP) is 2.97. The third kappa shape index (κ3) is 2.60. The second kappa shape index (κ2) is 4.64. The summed E-state index contributed by atoms with van der Waals surface area (Å²) in [6.45, 7) is 4.31. The molecule has 2 rings (SSSR count). The molecule has 0 spiro atoms. The average Bonchev–Trinajstić information content (AvgIpc) is 2.75. The largest absolute Gasteiger partial charge is 0.248 e. The van der Waals surface area contributed by atoms with Gasteiger partial charge < -0.3 is 0 Å². The minimum Gasteiger partial charge on any atom is -0.248 e. The highest BCUT2D eigenvalue weighted by Gasteiger charge is 2.24. The van der Waals surface area contributed by atoms with E-state index in [2.05, 4.69) is 39.9 Å². The quantitative estimate of drug-likeness (QED) is 0.792. The highest BCUT2D eigenvalue weighted by atomic mass is 79.9. The van der Waals surface area contributed by atoms with E-state index in [0.717, 1.165) is 23.0 Å². The molecule has 2 unspecified atom stereocenters. The number of halogens is 1. The molecular weight excluding hydrogens is 254 g/mol. The Labute approximate surface area is 99.4 Å². The van der Waals surface area contributed by atoms with E-state index in [4.69, 9.17) is 0 Å². The summed E-state index contributed by atoms with van der Waals surface area (Å²) < 4.78 is 2.04. The van der Waals surface area contributed by atoms with Crippen LogP contribution in [0.1, 0.15) is 45.0 Å². The molecule has 0 amide bonds. The van der Waals surface area contributed by atoms with E-state index in [9.17, 15) is 0 Å². The van der Waals surface area contributed by atoms with Gasteiger partial charge in [-0.2, -0.15) is 5.10 Å². The third-order valence-corrected chi connectivity index (χ3v) is 3.92. The summed E-state index contributed by atoms with van der Waals surface area (Å²) in [4.78, 5) is 5.08. The summed E-state index contributed by atoms with van der Waals surface area (Å²) in [6, 6.07) is 0.420. The molecule has 4 heteroatoms. The molecular formula is C11H18BrN3. The number of aromatic nitrogens is 3. The molecule has 0 aliphatic heterocycles. The van der Waals surface area contributed by atoms with Crippen molar-refractivity contribution in [3.05, 3.63) is 12.2 Å². The van der Waals surface area contributed by atoms with Crippen molar-refractivity contribution < 1.29 is 0 Å². The highest BCUT2D eigenvalue weighted by molar-refractivity contribution is 9.09. The predicted molar refractivity (Wildman–Crippen MR) is 64.2 cm³/mol. The van der Waals surface area contributed by atoms with Crippen LogP contribution in [0.5, 0.6) is 0 Å². The van der Waals surface area contributed by atoms with E-state index < -0.39 is 0 Å². The lowest BCUT2D eigenvalue weighted by molar-refractivity contribution is 0.461. The summed E-state index contributed by atoms with van der Waals surface area (Å²) in [7, 11) is 0. The van der Waals surface area contributed by atoms with Gasteiger partial charge >= 0.3 is 0 Å². The van der Waals surface area contributed by atoms with Crippen LogP contribution in [0.15, 0.2) is 6.33 Å². The van der Waals surface area contributed by atoms with Crippen molar-refractivity contribution >= 4 is 15.9 Å². The first-order valence-electron chi connectivity index (χ1n) is 5.69. The van der Waals surface area contributed by atoms with Gasteiger partial charge in [-0.15, -0.1) is 0 Å². The Kier molecular flexibility index (Phi) is 3.44. The second-order valence-corrected chi connectivity index (χ2v) is 5.99. The monoisotopic (exact) mass is 271 g/mol. The summed E-state index contributed by atoms with van der Waals surface area (Å²) in [6.07, 6.45) is 6.67. The van der Waals surface area contributed by atoms with Crippen LogP contribution >= 0.6 is 15.9 Å². The fourth-order valence-corrected chi connectivity index (χ4v) is 3.10. The topological polar surface area (TPSA) is 30.7 Å². The normalized spacial score (nSPS) is 26.4. The first-order valence-corrected chi connectivity index (χ1v) is 6.61. The lowest BCUT2D eigenvalue weighted by Crippen LogP contribution is -2.11. The molecule has 3 nitrogen and oxygen atoms in total. The lowest BCUT2D eigenvalue weighted by Gasteiger charge is -2.12. The average molecular weight is 272 g/mol. The maximum Gasteiger partial charge on any atom is 0.138 e. The Bertz CT molecular complexity index is 321. The fourth-order valence-electron chi connectivity index (χ4n) is 2.31. The fraction of sp³-hybridized carbons (Fsp3) is 0.818. The van der Waals surface area contributed by atoms with Crippen LogP contribution in [0.2, 0.25) is 0 Å². The highest BCUT2D eigenvalue weighted by Crippen LogP contribution is 2.32. The van der Waals surface area contributed by atoms with Gasteiger partial charge in [-0.05, 0) is 39.0 Å². The number of hydrogen-bond donors (Lipinski definition) is 0. The van der Waals surface area contributed by atoms with E-state index in [1.165, 1.54) is 19.3 Å². The van der Waals surface area contributed by atoms with Crippen LogP contribution in [0.25, 0.3) is 0 Å². The molecule has 1 heterocycles. The number of alkyl halides is 1. The Morgan fingerprint density at radius 1 is 1.53 bits per heavy atom. The molecule has 0 bridgehead atoms. The molecule has 1 aromatic heterocycles. The molecule has 1 fully saturated rings. The first kappa shape index (κ1) is 11.1. The van der Waals surface area contributed by atoms with E-state index in [0.29, 0.717) is 6.04 Å². The number of hydrogen-bond acceptors (Lipinski definition) is 2. The third-order valence-electron chi connectivity index (χ3n) is 3.08. The van der Waals surface area contributed by atoms with E-state index >= 15 is 0 Å². The minimum absolute atomic E-state index is 0.420. The summed E-state index contributed by atoms with van der Waals surface area (Å²) >= 11 is 3.69. The molecule has 0 saturated heterocycles. The zero-order valence-electron chi connectivity index (χ0n) is 9.36.